The van der Waals surface area contributed by atoms with Crippen LogP contribution >= 0.6 is 0 Å². The SMILES string of the molecule is C=C(C)C(=O)OCOc1ccc(C(=C)C(=O)Oc2ccc(C#N)c(C)c2)cc1. The molecule has 6 nitrogen and oxygen atoms in total. The Balaban J connectivity index is 1.95. The van der Waals surface area contributed by atoms with E-state index in [9.17, 15) is 9.59 Å². The summed E-state index contributed by atoms with van der Waals surface area (Å²) in [6.07, 6.45) is 0. The molecule has 0 aliphatic carbocycles. The normalized spacial score (nSPS) is 9.75. The van der Waals surface area contributed by atoms with Crippen LogP contribution in [0.3, 0.4) is 0 Å². The Morgan fingerprint density at radius 2 is 1.68 bits per heavy atom. The molecule has 0 atom stereocenters. The molecular formula is C22H19NO5. The van der Waals surface area contributed by atoms with E-state index in [0.717, 1.165) is 0 Å². The molecule has 6 heteroatoms. The number of hydrogen-bond donors (Lipinski definition) is 0. The maximum atomic E-state index is 12.3. The lowest BCUT2D eigenvalue weighted by Crippen LogP contribution is -2.11. The van der Waals surface area contributed by atoms with Crippen LogP contribution in [0.2, 0.25) is 0 Å². The van der Waals surface area contributed by atoms with Crippen molar-refractivity contribution in [2.45, 2.75) is 13.8 Å². The molecule has 0 aliphatic rings. The fraction of sp³-hybridized carbons (Fsp3) is 0.136. The summed E-state index contributed by atoms with van der Waals surface area (Å²) < 4.78 is 15.4. The van der Waals surface area contributed by atoms with Crippen molar-refractivity contribution in [1.82, 2.24) is 0 Å². The van der Waals surface area contributed by atoms with E-state index in [0.29, 0.717) is 28.2 Å². The fourth-order valence-electron chi connectivity index (χ4n) is 2.14. The van der Waals surface area contributed by atoms with E-state index in [4.69, 9.17) is 19.5 Å². The lowest BCUT2D eigenvalue weighted by molar-refractivity contribution is -0.145. The highest BCUT2D eigenvalue weighted by Gasteiger charge is 2.13. The predicted molar refractivity (Wildman–Crippen MR) is 103 cm³/mol. The van der Waals surface area contributed by atoms with Gasteiger partial charge in [0.15, 0.2) is 0 Å². The molecule has 0 amide bonds. The zero-order valence-corrected chi connectivity index (χ0v) is 15.7. The zero-order valence-electron chi connectivity index (χ0n) is 15.7. The van der Waals surface area contributed by atoms with E-state index in [-0.39, 0.29) is 17.9 Å². The summed E-state index contributed by atoms with van der Waals surface area (Å²) in [5, 5.41) is 8.95. The van der Waals surface area contributed by atoms with Gasteiger partial charge in [-0.1, -0.05) is 25.3 Å². The van der Waals surface area contributed by atoms with Gasteiger partial charge in [0, 0.05) is 5.57 Å². The number of nitriles is 1. The Labute approximate surface area is 163 Å². The standard InChI is InChI=1S/C22H19NO5/c1-14(2)21(24)27-13-26-19-8-5-17(6-9-19)16(4)22(25)28-20-10-7-18(12-23)15(3)11-20/h5-11H,1,4,13H2,2-3H3. The summed E-state index contributed by atoms with van der Waals surface area (Å²) in [6, 6.07) is 13.3. The summed E-state index contributed by atoms with van der Waals surface area (Å²) in [5.41, 5.74) is 2.24. The molecule has 0 unspecified atom stereocenters. The van der Waals surface area contributed by atoms with Gasteiger partial charge >= 0.3 is 11.9 Å². The van der Waals surface area contributed by atoms with E-state index in [1.54, 1.807) is 56.3 Å². The second kappa shape index (κ2) is 9.19. The van der Waals surface area contributed by atoms with Crippen molar-refractivity contribution in [3.05, 3.63) is 77.9 Å². The number of hydrogen-bond acceptors (Lipinski definition) is 6. The van der Waals surface area contributed by atoms with E-state index >= 15 is 0 Å². The van der Waals surface area contributed by atoms with Gasteiger partial charge in [-0.3, -0.25) is 0 Å². The fourth-order valence-corrected chi connectivity index (χ4v) is 2.14. The first-order valence-electron chi connectivity index (χ1n) is 8.29. The van der Waals surface area contributed by atoms with Crippen LogP contribution in [0.25, 0.3) is 5.57 Å². The van der Waals surface area contributed by atoms with Crippen LogP contribution in [0.5, 0.6) is 11.5 Å². The van der Waals surface area contributed by atoms with Crippen molar-refractivity contribution in [2.24, 2.45) is 0 Å². The Hall–Kier alpha value is -3.85. The number of esters is 2. The topological polar surface area (TPSA) is 85.6 Å². The Bertz CT molecular complexity index is 967. The maximum Gasteiger partial charge on any atom is 0.343 e. The first-order valence-corrected chi connectivity index (χ1v) is 8.29. The summed E-state index contributed by atoms with van der Waals surface area (Å²) >= 11 is 0. The number of rotatable bonds is 7. The third-order valence-corrected chi connectivity index (χ3v) is 3.74. The summed E-state index contributed by atoms with van der Waals surface area (Å²) in [5.74, 6) is -0.344. The van der Waals surface area contributed by atoms with Crippen molar-refractivity contribution in [3.63, 3.8) is 0 Å². The Morgan fingerprint density at radius 3 is 2.25 bits per heavy atom. The number of nitrogens with zero attached hydrogens (tertiary/aromatic N) is 1. The average Bonchev–Trinajstić information content (AvgIpc) is 2.68. The van der Waals surface area contributed by atoms with Gasteiger partial charge in [-0.15, -0.1) is 0 Å². The van der Waals surface area contributed by atoms with Crippen molar-refractivity contribution >= 4 is 17.5 Å². The number of benzene rings is 2. The Kier molecular flexibility index (Phi) is 6.72. The highest BCUT2D eigenvalue weighted by Crippen LogP contribution is 2.22. The van der Waals surface area contributed by atoms with E-state index in [2.05, 4.69) is 19.2 Å². The molecule has 2 aromatic carbocycles. The molecule has 0 saturated carbocycles. The largest absolute Gasteiger partial charge is 0.457 e. The molecule has 0 heterocycles. The van der Waals surface area contributed by atoms with Crippen LogP contribution in [0.1, 0.15) is 23.6 Å². The van der Waals surface area contributed by atoms with Gasteiger partial charge in [0.2, 0.25) is 6.79 Å². The molecule has 142 valence electrons. The molecule has 0 N–H and O–H groups in total. The number of aryl methyl sites for hydroxylation is 1. The monoisotopic (exact) mass is 377 g/mol. The molecule has 0 fully saturated rings. The van der Waals surface area contributed by atoms with E-state index in [1.807, 2.05) is 0 Å². The predicted octanol–water partition coefficient (Wildman–Crippen LogP) is 3.94. The minimum atomic E-state index is -0.604. The van der Waals surface area contributed by atoms with Gasteiger partial charge in [0.05, 0.1) is 17.2 Å². The number of carbonyl (C=O) groups excluding carboxylic acids is 2. The molecule has 28 heavy (non-hydrogen) atoms. The van der Waals surface area contributed by atoms with Crippen LogP contribution in [0.15, 0.2) is 61.2 Å². The van der Waals surface area contributed by atoms with Crippen molar-refractivity contribution in [1.29, 1.82) is 5.26 Å². The molecule has 0 bridgehead atoms. The minimum absolute atomic E-state index is 0.169. The maximum absolute atomic E-state index is 12.3. The van der Waals surface area contributed by atoms with Gasteiger partial charge in [0.1, 0.15) is 11.5 Å². The molecule has 2 aromatic rings. The summed E-state index contributed by atoms with van der Waals surface area (Å²) in [7, 11) is 0. The van der Waals surface area contributed by atoms with Crippen LogP contribution in [0.4, 0.5) is 0 Å². The van der Waals surface area contributed by atoms with Crippen LogP contribution in [0, 0.1) is 18.3 Å². The third kappa shape index (κ3) is 5.32. The third-order valence-electron chi connectivity index (χ3n) is 3.74. The summed E-state index contributed by atoms with van der Waals surface area (Å²) in [4.78, 5) is 23.6. The number of ether oxygens (including phenoxy) is 3. The summed E-state index contributed by atoms with van der Waals surface area (Å²) in [6.45, 7) is 10.3. The van der Waals surface area contributed by atoms with Crippen LogP contribution in [-0.4, -0.2) is 18.7 Å². The molecule has 0 saturated heterocycles. The van der Waals surface area contributed by atoms with Gasteiger partial charge in [0.25, 0.3) is 0 Å². The molecule has 0 aliphatic heterocycles. The molecule has 0 radical (unpaired) electrons. The van der Waals surface area contributed by atoms with Gasteiger partial charge < -0.3 is 14.2 Å². The second-order valence-electron chi connectivity index (χ2n) is 5.96. The lowest BCUT2D eigenvalue weighted by Gasteiger charge is -2.10. The quantitative estimate of drug-likeness (QED) is 0.314. The van der Waals surface area contributed by atoms with Crippen LogP contribution < -0.4 is 9.47 Å². The van der Waals surface area contributed by atoms with E-state index in [1.165, 1.54) is 0 Å². The first-order chi connectivity index (χ1) is 13.3. The smallest absolute Gasteiger partial charge is 0.343 e. The van der Waals surface area contributed by atoms with Crippen molar-refractivity contribution in [3.8, 4) is 17.6 Å². The zero-order chi connectivity index (χ0) is 20.7. The molecule has 0 spiro atoms. The molecular weight excluding hydrogens is 358 g/mol. The second-order valence-corrected chi connectivity index (χ2v) is 5.96. The van der Waals surface area contributed by atoms with Crippen LogP contribution in [-0.2, 0) is 14.3 Å². The molecule has 2 rings (SSSR count). The van der Waals surface area contributed by atoms with Gasteiger partial charge in [-0.05, 0) is 55.3 Å². The minimum Gasteiger partial charge on any atom is -0.457 e. The number of carbonyl (C=O) groups is 2. The lowest BCUT2D eigenvalue weighted by atomic mass is 10.1. The van der Waals surface area contributed by atoms with Crippen molar-refractivity contribution < 1.29 is 23.8 Å². The average molecular weight is 377 g/mol. The molecule has 0 aromatic heterocycles. The first kappa shape index (κ1) is 20.5. The highest BCUT2D eigenvalue weighted by atomic mass is 16.7. The Morgan fingerprint density at radius 1 is 1.04 bits per heavy atom. The highest BCUT2D eigenvalue weighted by molar-refractivity contribution is 6.16. The van der Waals surface area contributed by atoms with Gasteiger partial charge in [-0.2, -0.15) is 5.26 Å². The van der Waals surface area contributed by atoms with E-state index < -0.39 is 11.9 Å². The van der Waals surface area contributed by atoms with Crippen molar-refractivity contribution in [2.75, 3.05) is 6.79 Å². The van der Waals surface area contributed by atoms with Gasteiger partial charge in [-0.25, -0.2) is 9.59 Å².